The smallest absolute Gasteiger partial charge is 0.271 e. The van der Waals surface area contributed by atoms with Gasteiger partial charge in [-0.2, -0.15) is 0 Å². The van der Waals surface area contributed by atoms with Crippen LogP contribution in [0.1, 0.15) is 19.4 Å². The zero-order valence-corrected chi connectivity index (χ0v) is 9.31. The number of benzene rings is 1. The van der Waals surface area contributed by atoms with E-state index in [1.165, 1.54) is 0 Å². The van der Waals surface area contributed by atoms with E-state index >= 15 is 0 Å². The molecule has 0 fully saturated rings. The maximum absolute atomic E-state index is 5.46. The second kappa shape index (κ2) is 7.40. The van der Waals surface area contributed by atoms with Crippen LogP contribution < -0.4 is 0 Å². The van der Waals surface area contributed by atoms with Crippen LogP contribution >= 0.6 is 0 Å². The van der Waals surface area contributed by atoms with E-state index in [1.807, 2.05) is 44.2 Å². The third kappa shape index (κ3) is 4.93. The maximum Gasteiger partial charge on any atom is 0.271 e. The van der Waals surface area contributed by atoms with Gasteiger partial charge in [-0.1, -0.05) is 30.3 Å². The average molecular weight is 210 g/mol. The molecule has 0 spiro atoms. The van der Waals surface area contributed by atoms with Crippen LogP contribution in [-0.2, 0) is 20.8 Å². The molecule has 0 amide bonds. The minimum absolute atomic E-state index is 0.505. The van der Waals surface area contributed by atoms with E-state index in [0.717, 1.165) is 5.56 Å². The van der Waals surface area contributed by atoms with Crippen molar-refractivity contribution in [2.45, 2.75) is 26.9 Å². The van der Waals surface area contributed by atoms with Crippen molar-refractivity contribution < 1.29 is 14.2 Å². The van der Waals surface area contributed by atoms with E-state index in [2.05, 4.69) is 0 Å². The molecule has 0 saturated heterocycles. The molecule has 0 heterocycles. The zero-order chi connectivity index (χ0) is 10.9. The summed E-state index contributed by atoms with van der Waals surface area (Å²) in [5.41, 5.74) is 1.11. The summed E-state index contributed by atoms with van der Waals surface area (Å²) < 4.78 is 16.0. The lowest BCUT2D eigenvalue weighted by Crippen LogP contribution is -2.20. The van der Waals surface area contributed by atoms with Crippen molar-refractivity contribution in [1.82, 2.24) is 0 Å². The Labute approximate surface area is 91.0 Å². The van der Waals surface area contributed by atoms with Gasteiger partial charge in [0.05, 0.1) is 6.61 Å². The van der Waals surface area contributed by atoms with E-state index < -0.39 is 6.48 Å². The minimum atomic E-state index is -0.555. The standard InChI is InChI=1S/C12H18O3/c1-3-13-12(14-4-2)15-10-11-8-6-5-7-9-11/h5-9,12H,3-4,10H2,1-2H3. The van der Waals surface area contributed by atoms with Crippen molar-refractivity contribution in [3.05, 3.63) is 35.9 Å². The molecule has 0 atom stereocenters. The Balaban J connectivity index is 2.33. The fraction of sp³-hybridized carbons (Fsp3) is 0.500. The first-order valence-electron chi connectivity index (χ1n) is 5.25. The zero-order valence-electron chi connectivity index (χ0n) is 9.31. The third-order valence-corrected chi connectivity index (χ3v) is 1.83. The molecule has 0 aliphatic carbocycles. The van der Waals surface area contributed by atoms with Crippen molar-refractivity contribution in [2.75, 3.05) is 13.2 Å². The van der Waals surface area contributed by atoms with Crippen LogP contribution in [0.5, 0.6) is 0 Å². The molecule has 1 aromatic carbocycles. The summed E-state index contributed by atoms with van der Waals surface area (Å²) in [6.45, 7) is 4.94. The van der Waals surface area contributed by atoms with Gasteiger partial charge in [0.15, 0.2) is 0 Å². The quantitative estimate of drug-likeness (QED) is 0.647. The highest BCUT2D eigenvalue weighted by atomic mass is 16.8. The minimum Gasteiger partial charge on any atom is -0.330 e. The van der Waals surface area contributed by atoms with Crippen molar-refractivity contribution in [1.29, 1.82) is 0 Å². The molecule has 15 heavy (non-hydrogen) atoms. The summed E-state index contributed by atoms with van der Waals surface area (Å²) >= 11 is 0. The lowest BCUT2D eigenvalue weighted by Gasteiger charge is -2.16. The van der Waals surface area contributed by atoms with Crippen LogP contribution in [0.15, 0.2) is 30.3 Å². The average Bonchev–Trinajstić information content (AvgIpc) is 2.28. The van der Waals surface area contributed by atoms with E-state index in [9.17, 15) is 0 Å². The van der Waals surface area contributed by atoms with Crippen LogP contribution in [0.4, 0.5) is 0 Å². The highest BCUT2D eigenvalue weighted by molar-refractivity contribution is 5.13. The summed E-state index contributed by atoms with van der Waals surface area (Å²) in [5.74, 6) is 0. The molecule has 0 aliphatic rings. The Morgan fingerprint density at radius 1 is 0.933 bits per heavy atom. The van der Waals surface area contributed by atoms with Crippen LogP contribution in [0.3, 0.4) is 0 Å². The van der Waals surface area contributed by atoms with Gasteiger partial charge in [0, 0.05) is 13.2 Å². The topological polar surface area (TPSA) is 27.7 Å². The predicted molar refractivity (Wildman–Crippen MR) is 58.3 cm³/mol. The molecule has 84 valence electrons. The Morgan fingerprint density at radius 2 is 1.53 bits per heavy atom. The highest BCUT2D eigenvalue weighted by Gasteiger charge is 2.07. The van der Waals surface area contributed by atoms with Gasteiger partial charge in [-0.05, 0) is 19.4 Å². The van der Waals surface area contributed by atoms with Gasteiger partial charge >= 0.3 is 0 Å². The van der Waals surface area contributed by atoms with Crippen molar-refractivity contribution in [2.24, 2.45) is 0 Å². The Hall–Kier alpha value is -0.900. The summed E-state index contributed by atoms with van der Waals surface area (Å²) in [4.78, 5) is 0. The first-order chi connectivity index (χ1) is 7.36. The highest BCUT2D eigenvalue weighted by Crippen LogP contribution is 2.05. The van der Waals surface area contributed by atoms with E-state index in [0.29, 0.717) is 19.8 Å². The van der Waals surface area contributed by atoms with Crippen LogP contribution in [0.2, 0.25) is 0 Å². The van der Waals surface area contributed by atoms with Gasteiger partial charge in [0.25, 0.3) is 6.48 Å². The monoisotopic (exact) mass is 210 g/mol. The molecule has 1 aromatic rings. The molecule has 0 aromatic heterocycles. The van der Waals surface area contributed by atoms with Gasteiger partial charge in [0.2, 0.25) is 0 Å². The van der Waals surface area contributed by atoms with Gasteiger partial charge < -0.3 is 14.2 Å². The van der Waals surface area contributed by atoms with Gasteiger partial charge in [-0.25, -0.2) is 0 Å². The van der Waals surface area contributed by atoms with Gasteiger partial charge in [-0.3, -0.25) is 0 Å². The van der Waals surface area contributed by atoms with Crippen LogP contribution in [0, 0.1) is 0 Å². The van der Waals surface area contributed by atoms with Crippen LogP contribution in [-0.4, -0.2) is 19.7 Å². The number of ether oxygens (including phenoxy) is 3. The summed E-state index contributed by atoms with van der Waals surface area (Å²) in [5, 5.41) is 0. The molecule has 0 unspecified atom stereocenters. The molecule has 1 rings (SSSR count). The summed E-state index contributed by atoms with van der Waals surface area (Å²) in [6, 6.07) is 9.96. The van der Waals surface area contributed by atoms with Gasteiger partial charge in [-0.15, -0.1) is 0 Å². The van der Waals surface area contributed by atoms with Gasteiger partial charge in [0.1, 0.15) is 0 Å². The molecule has 0 aliphatic heterocycles. The molecule has 0 bridgehead atoms. The first kappa shape index (κ1) is 12.2. The van der Waals surface area contributed by atoms with E-state index in [-0.39, 0.29) is 0 Å². The number of hydrogen-bond acceptors (Lipinski definition) is 3. The molecular formula is C12H18O3. The Bertz CT molecular complexity index is 242. The van der Waals surface area contributed by atoms with E-state index in [4.69, 9.17) is 14.2 Å². The predicted octanol–water partition coefficient (Wildman–Crippen LogP) is 2.56. The molecule has 0 saturated carbocycles. The van der Waals surface area contributed by atoms with Crippen molar-refractivity contribution in [3.8, 4) is 0 Å². The normalized spacial score (nSPS) is 10.9. The summed E-state index contributed by atoms with van der Waals surface area (Å²) in [7, 11) is 0. The fourth-order valence-electron chi connectivity index (χ4n) is 1.16. The molecular weight excluding hydrogens is 192 g/mol. The second-order valence-corrected chi connectivity index (χ2v) is 3.00. The number of hydrogen-bond donors (Lipinski definition) is 0. The Kier molecular flexibility index (Phi) is 6.00. The SMILES string of the molecule is CCOC(OCC)OCc1ccccc1. The lowest BCUT2D eigenvalue weighted by molar-refractivity contribution is -0.289. The largest absolute Gasteiger partial charge is 0.330 e. The van der Waals surface area contributed by atoms with E-state index in [1.54, 1.807) is 0 Å². The maximum atomic E-state index is 5.46. The fourth-order valence-corrected chi connectivity index (χ4v) is 1.16. The molecule has 0 N–H and O–H groups in total. The van der Waals surface area contributed by atoms with Crippen molar-refractivity contribution >= 4 is 0 Å². The third-order valence-electron chi connectivity index (χ3n) is 1.83. The second-order valence-electron chi connectivity index (χ2n) is 3.00. The van der Waals surface area contributed by atoms with Crippen molar-refractivity contribution in [3.63, 3.8) is 0 Å². The molecule has 3 heteroatoms. The summed E-state index contributed by atoms with van der Waals surface area (Å²) in [6.07, 6.45) is 0. The first-order valence-corrected chi connectivity index (χ1v) is 5.25. The molecule has 3 nitrogen and oxygen atoms in total. The molecule has 0 radical (unpaired) electrons. The Morgan fingerprint density at radius 3 is 2.07 bits per heavy atom. The van der Waals surface area contributed by atoms with Crippen LogP contribution in [0.25, 0.3) is 0 Å². The lowest BCUT2D eigenvalue weighted by atomic mass is 10.2. The number of rotatable bonds is 7.